The summed E-state index contributed by atoms with van der Waals surface area (Å²) in [6, 6.07) is 0. The van der Waals surface area contributed by atoms with E-state index in [0.29, 0.717) is 0 Å². The Labute approximate surface area is 91.4 Å². The number of rotatable bonds is 2. The van der Waals surface area contributed by atoms with Crippen LogP contribution in [0.5, 0.6) is 0 Å². The number of hydrogen-bond donors (Lipinski definition) is 0. The zero-order valence-corrected chi connectivity index (χ0v) is 8.30. The molecular formula is C5H7KO2. The van der Waals surface area contributed by atoms with Crippen molar-refractivity contribution >= 4 is 5.97 Å². The van der Waals surface area contributed by atoms with Crippen molar-refractivity contribution in [1.29, 1.82) is 0 Å². The second-order valence-electron chi connectivity index (χ2n) is 1.13. The predicted octanol–water partition coefficient (Wildman–Crippen LogP) is -3.29. The summed E-state index contributed by atoms with van der Waals surface area (Å²) in [7, 11) is 0. The van der Waals surface area contributed by atoms with E-state index < -0.39 is 5.97 Å². The van der Waals surface area contributed by atoms with E-state index in [4.69, 9.17) is 0 Å². The molecule has 2 nitrogen and oxygen atoms in total. The molecule has 0 saturated heterocycles. The first-order valence-electron chi connectivity index (χ1n) is 2.15. The molecule has 8 heavy (non-hydrogen) atoms. The topological polar surface area (TPSA) is 40.1 Å². The Balaban J connectivity index is 0. The molecule has 0 saturated carbocycles. The van der Waals surface area contributed by atoms with Gasteiger partial charge in [-0.2, -0.15) is 0 Å². The first-order chi connectivity index (χ1) is 3.27. The van der Waals surface area contributed by atoms with Crippen LogP contribution in [0.15, 0.2) is 12.2 Å². The minimum absolute atomic E-state index is 0. The molecule has 0 aliphatic carbocycles. The van der Waals surface area contributed by atoms with Crippen LogP contribution in [0, 0.1) is 0 Å². The zero-order chi connectivity index (χ0) is 5.70. The van der Waals surface area contributed by atoms with Crippen molar-refractivity contribution in [2.24, 2.45) is 0 Å². The van der Waals surface area contributed by atoms with Crippen molar-refractivity contribution in [1.82, 2.24) is 0 Å². The average Bonchev–Trinajstić information content (AvgIpc) is 1.61. The van der Waals surface area contributed by atoms with Gasteiger partial charge >= 0.3 is 51.4 Å². The molecule has 0 fully saturated rings. The molecule has 0 aromatic heterocycles. The molecule has 3 heteroatoms. The van der Waals surface area contributed by atoms with E-state index in [1.807, 2.05) is 6.92 Å². The van der Waals surface area contributed by atoms with Crippen molar-refractivity contribution < 1.29 is 61.3 Å². The molecular weight excluding hydrogens is 131 g/mol. The maximum atomic E-state index is 9.56. The van der Waals surface area contributed by atoms with Gasteiger partial charge in [-0.25, -0.2) is 0 Å². The number of allylic oxidation sites excluding steroid dienone is 1. The van der Waals surface area contributed by atoms with Crippen LogP contribution in [0.2, 0.25) is 0 Å². The number of carbonyl (C=O) groups is 1. The largest absolute Gasteiger partial charge is 1.00 e. The second kappa shape index (κ2) is 7.85. The monoisotopic (exact) mass is 138 g/mol. The summed E-state index contributed by atoms with van der Waals surface area (Å²) in [5.74, 6) is -1.12. The molecule has 0 heterocycles. The fraction of sp³-hybridized carbons (Fsp3) is 0.400. The summed E-state index contributed by atoms with van der Waals surface area (Å²) in [6.07, 6.45) is 3.31. The number of carbonyl (C=O) groups excluding carboxylic acids is 1. The van der Waals surface area contributed by atoms with Gasteiger partial charge in [0.25, 0.3) is 0 Å². The van der Waals surface area contributed by atoms with Crippen molar-refractivity contribution in [3.63, 3.8) is 0 Å². The Kier molecular flexibility index (Phi) is 11.4. The zero-order valence-electron chi connectivity index (χ0n) is 5.18. The van der Waals surface area contributed by atoms with Gasteiger partial charge in [-0.1, -0.05) is 13.0 Å². The molecule has 0 bridgehead atoms. The standard InChI is InChI=1S/C5H8O2.K/c1-2-3-4-5(6)7;/h3-4H,2H2,1H3,(H,6,7);/q;+1/p-1/b4-3+;. The van der Waals surface area contributed by atoms with Crippen molar-refractivity contribution in [2.45, 2.75) is 13.3 Å². The molecule has 0 aromatic carbocycles. The maximum absolute atomic E-state index is 9.56. The van der Waals surface area contributed by atoms with E-state index in [-0.39, 0.29) is 51.4 Å². The summed E-state index contributed by atoms with van der Waals surface area (Å²) in [5.41, 5.74) is 0. The molecule has 0 N–H and O–H groups in total. The van der Waals surface area contributed by atoms with Crippen LogP contribution < -0.4 is 56.5 Å². The van der Waals surface area contributed by atoms with Gasteiger partial charge in [0, 0.05) is 0 Å². The Bertz CT molecular complexity index is 88.4. The normalized spacial score (nSPS) is 8.62. The third kappa shape index (κ3) is 9.96. The summed E-state index contributed by atoms with van der Waals surface area (Å²) in [5, 5.41) is 9.56. The third-order valence-corrected chi connectivity index (χ3v) is 0.490. The van der Waals surface area contributed by atoms with Gasteiger partial charge in [-0.05, 0) is 12.5 Å². The first-order valence-corrected chi connectivity index (χ1v) is 2.15. The van der Waals surface area contributed by atoms with Crippen LogP contribution in [-0.2, 0) is 4.79 Å². The summed E-state index contributed by atoms with van der Waals surface area (Å²) >= 11 is 0. The van der Waals surface area contributed by atoms with Crippen LogP contribution in [-0.4, -0.2) is 5.97 Å². The quantitative estimate of drug-likeness (QED) is 0.296. The van der Waals surface area contributed by atoms with Crippen LogP contribution in [0.1, 0.15) is 13.3 Å². The van der Waals surface area contributed by atoms with Gasteiger partial charge in [0.05, 0.1) is 5.97 Å². The summed E-state index contributed by atoms with van der Waals surface area (Å²) in [4.78, 5) is 9.56. The van der Waals surface area contributed by atoms with Gasteiger partial charge in [0.1, 0.15) is 0 Å². The molecule has 0 aliphatic rings. The molecule has 0 amide bonds. The van der Waals surface area contributed by atoms with E-state index in [0.717, 1.165) is 12.5 Å². The molecule has 0 unspecified atom stereocenters. The Morgan fingerprint density at radius 2 is 2.25 bits per heavy atom. The average molecular weight is 138 g/mol. The van der Waals surface area contributed by atoms with E-state index in [1.54, 1.807) is 0 Å². The van der Waals surface area contributed by atoms with Gasteiger partial charge in [0.2, 0.25) is 0 Å². The Morgan fingerprint density at radius 3 is 2.38 bits per heavy atom. The molecule has 0 radical (unpaired) electrons. The van der Waals surface area contributed by atoms with E-state index in [2.05, 4.69) is 0 Å². The molecule has 40 valence electrons. The fourth-order valence-electron chi connectivity index (χ4n) is 0.214. The Hall–Kier alpha value is 0.846. The molecule has 0 rings (SSSR count). The van der Waals surface area contributed by atoms with Crippen molar-refractivity contribution in [3.05, 3.63) is 12.2 Å². The van der Waals surface area contributed by atoms with Gasteiger partial charge in [0.15, 0.2) is 0 Å². The van der Waals surface area contributed by atoms with Crippen molar-refractivity contribution in [2.75, 3.05) is 0 Å². The fourth-order valence-corrected chi connectivity index (χ4v) is 0.214. The minimum Gasteiger partial charge on any atom is -0.545 e. The number of hydrogen-bond acceptors (Lipinski definition) is 2. The van der Waals surface area contributed by atoms with Crippen molar-refractivity contribution in [3.8, 4) is 0 Å². The van der Waals surface area contributed by atoms with Gasteiger partial charge in [-0.15, -0.1) is 0 Å². The maximum Gasteiger partial charge on any atom is 1.00 e. The van der Waals surface area contributed by atoms with Crippen LogP contribution in [0.4, 0.5) is 0 Å². The van der Waals surface area contributed by atoms with Crippen LogP contribution >= 0.6 is 0 Å². The number of carboxylic acid groups (broad SMARTS) is 1. The van der Waals surface area contributed by atoms with E-state index >= 15 is 0 Å². The van der Waals surface area contributed by atoms with Gasteiger partial charge < -0.3 is 9.90 Å². The van der Waals surface area contributed by atoms with Crippen LogP contribution in [0.25, 0.3) is 0 Å². The van der Waals surface area contributed by atoms with E-state index in [1.165, 1.54) is 6.08 Å². The Morgan fingerprint density at radius 1 is 1.75 bits per heavy atom. The summed E-state index contributed by atoms with van der Waals surface area (Å²) < 4.78 is 0. The summed E-state index contributed by atoms with van der Waals surface area (Å²) in [6.45, 7) is 1.86. The molecule has 0 atom stereocenters. The SMILES string of the molecule is CC/C=C/C(=O)[O-].[K+]. The molecule has 0 aliphatic heterocycles. The third-order valence-electron chi connectivity index (χ3n) is 0.490. The minimum atomic E-state index is -1.12. The first kappa shape index (κ1) is 11.6. The number of aliphatic carboxylic acids is 1. The number of carboxylic acids is 1. The molecule has 0 spiro atoms. The van der Waals surface area contributed by atoms with Crippen LogP contribution in [0.3, 0.4) is 0 Å². The predicted molar refractivity (Wildman–Crippen MR) is 24.4 cm³/mol. The van der Waals surface area contributed by atoms with Gasteiger partial charge in [-0.3, -0.25) is 0 Å². The second-order valence-corrected chi connectivity index (χ2v) is 1.13. The molecule has 0 aromatic rings. The van der Waals surface area contributed by atoms with E-state index in [9.17, 15) is 9.90 Å². The smallest absolute Gasteiger partial charge is 0.545 e.